The number of carbonyl (C=O) groups excluding carboxylic acids is 1. The molecule has 37 heavy (non-hydrogen) atoms. The topological polar surface area (TPSA) is 90.3 Å². The van der Waals surface area contributed by atoms with Gasteiger partial charge in [0.05, 0.1) is 29.8 Å². The highest BCUT2D eigenvalue weighted by atomic mass is 35.5. The molecule has 1 aliphatic heterocycles. The third kappa shape index (κ3) is 4.61. The quantitative estimate of drug-likeness (QED) is 0.305. The number of hydrogen-bond acceptors (Lipinski definition) is 6. The predicted molar refractivity (Wildman–Crippen MR) is 145 cm³/mol. The summed E-state index contributed by atoms with van der Waals surface area (Å²) in [6, 6.07) is 19.3. The Balaban J connectivity index is 1.67. The van der Waals surface area contributed by atoms with Crippen molar-refractivity contribution in [3.8, 4) is 22.9 Å². The molecule has 4 aromatic rings. The van der Waals surface area contributed by atoms with E-state index in [1.165, 1.54) is 0 Å². The summed E-state index contributed by atoms with van der Waals surface area (Å²) < 4.78 is 13.0. The average molecular weight is 536 g/mol. The standard InChI is InChI=1S/C27H23Cl2N5O3/c1-15-22(26(35)31-17-8-5-4-6-9-17)23(18-10-7-11-21(36-2)24(18)37-3)34-27(30-15)32-25(33-34)16-12-13-19(28)20(29)14-16/h4-14,23H,1-3H3,(H,31,35)(H,30,32,33). The molecule has 1 amide bonds. The maximum atomic E-state index is 13.7. The van der Waals surface area contributed by atoms with Gasteiger partial charge in [-0.05, 0) is 43.3 Å². The number of fused-ring (bicyclic) bond motifs is 1. The Bertz CT molecular complexity index is 1520. The third-order valence-corrected chi connectivity index (χ3v) is 6.77. The molecule has 1 unspecified atom stereocenters. The second-order valence-corrected chi connectivity index (χ2v) is 9.12. The lowest BCUT2D eigenvalue weighted by Gasteiger charge is -2.30. The predicted octanol–water partition coefficient (Wildman–Crippen LogP) is 6.20. The van der Waals surface area contributed by atoms with Crippen LogP contribution in [0, 0.1) is 0 Å². The van der Waals surface area contributed by atoms with E-state index in [1.807, 2.05) is 49.4 Å². The lowest BCUT2D eigenvalue weighted by Crippen LogP contribution is -2.31. The summed E-state index contributed by atoms with van der Waals surface area (Å²) in [6.07, 6.45) is 0. The Kier molecular flexibility index (Phi) is 6.78. The van der Waals surface area contributed by atoms with Gasteiger partial charge in [-0.25, -0.2) is 4.68 Å². The maximum absolute atomic E-state index is 13.7. The smallest absolute Gasteiger partial charge is 0.255 e. The van der Waals surface area contributed by atoms with Crippen LogP contribution in [0.5, 0.6) is 11.5 Å². The second-order valence-electron chi connectivity index (χ2n) is 8.30. The molecular weight excluding hydrogens is 513 g/mol. The molecule has 0 aliphatic carbocycles. The van der Waals surface area contributed by atoms with E-state index in [-0.39, 0.29) is 5.91 Å². The molecule has 0 spiro atoms. The van der Waals surface area contributed by atoms with Crippen molar-refractivity contribution in [2.24, 2.45) is 0 Å². The molecule has 0 saturated heterocycles. The van der Waals surface area contributed by atoms with Gasteiger partial charge < -0.3 is 20.1 Å². The number of methoxy groups -OCH3 is 2. The fourth-order valence-corrected chi connectivity index (χ4v) is 4.64. The van der Waals surface area contributed by atoms with Crippen molar-refractivity contribution >= 4 is 40.7 Å². The number of halogens is 2. The van der Waals surface area contributed by atoms with Crippen LogP contribution in [0.25, 0.3) is 11.4 Å². The van der Waals surface area contributed by atoms with E-state index in [2.05, 4.69) is 10.6 Å². The van der Waals surface area contributed by atoms with Crippen LogP contribution in [-0.2, 0) is 4.79 Å². The van der Waals surface area contributed by atoms with Crippen molar-refractivity contribution < 1.29 is 14.3 Å². The van der Waals surface area contributed by atoms with Crippen molar-refractivity contribution in [1.29, 1.82) is 0 Å². The van der Waals surface area contributed by atoms with Crippen LogP contribution in [0.2, 0.25) is 10.0 Å². The highest BCUT2D eigenvalue weighted by molar-refractivity contribution is 6.42. The van der Waals surface area contributed by atoms with Crippen molar-refractivity contribution in [1.82, 2.24) is 14.8 Å². The lowest BCUT2D eigenvalue weighted by atomic mass is 9.94. The second kappa shape index (κ2) is 10.2. The minimum atomic E-state index is -0.672. The van der Waals surface area contributed by atoms with Gasteiger partial charge in [-0.15, -0.1) is 5.10 Å². The molecule has 0 radical (unpaired) electrons. The first kappa shape index (κ1) is 24.7. The van der Waals surface area contributed by atoms with Crippen LogP contribution in [0.3, 0.4) is 0 Å². The Morgan fingerprint density at radius 2 is 1.78 bits per heavy atom. The van der Waals surface area contributed by atoms with Crippen LogP contribution in [0.4, 0.5) is 11.6 Å². The minimum Gasteiger partial charge on any atom is -0.493 e. The van der Waals surface area contributed by atoms with E-state index < -0.39 is 6.04 Å². The summed E-state index contributed by atoms with van der Waals surface area (Å²) in [4.78, 5) is 18.4. The first-order chi connectivity index (χ1) is 17.9. The molecule has 5 rings (SSSR count). The number of nitrogens with zero attached hydrogens (tertiary/aromatic N) is 3. The Morgan fingerprint density at radius 3 is 2.49 bits per heavy atom. The molecule has 0 saturated carbocycles. The monoisotopic (exact) mass is 535 g/mol. The minimum absolute atomic E-state index is 0.289. The normalized spacial score (nSPS) is 14.6. The van der Waals surface area contributed by atoms with E-state index in [4.69, 9.17) is 42.8 Å². The number of amides is 1. The van der Waals surface area contributed by atoms with Crippen LogP contribution >= 0.6 is 23.2 Å². The number of anilines is 2. The van der Waals surface area contributed by atoms with Crippen molar-refractivity contribution in [3.63, 3.8) is 0 Å². The molecule has 0 fully saturated rings. The molecule has 8 nitrogen and oxygen atoms in total. The lowest BCUT2D eigenvalue weighted by molar-refractivity contribution is -0.113. The van der Waals surface area contributed by atoms with Gasteiger partial charge in [-0.2, -0.15) is 4.98 Å². The van der Waals surface area contributed by atoms with Crippen molar-refractivity contribution in [3.05, 3.63) is 93.6 Å². The van der Waals surface area contributed by atoms with Gasteiger partial charge in [0.15, 0.2) is 17.3 Å². The Labute approximate surface area is 223 Å². The number of allylic oxidation sites excluding steroid dienone is 1. The van der Waals surface area contributed by atoms with Crippen molar-refractivity contribution in [2.45, 2.75) is 13.0 Å². The summed E-state index contributed by atoms with van der Waals surface area (Å²) in [5.74, 6) is 1.62. The van der Waals surface area contributed by atoms with E-state index in [0.29, 0.717) is 61.4 Å². The largest absolute Gasteiger partial charge is 0.493 e. The van der Waals surface area contributed by atoms with E-state index in [0.717, 1.165) is 0 Å². The van der Waals surface area contributed by atoms with Crippen LogP contribution in [0.1, 0.15) is 18.5 Å². The zero-order valence-corrected chi connectivity index (χ0v) is 21.8. The number of benzene rings is 3. The zero-order chi connectivity index (χ0) is 26.1. The molecule has 3 aromatic carbocycles. The molecular formula is C27H23Cl2N5O3. The Hall–Kier alpha value is -4.01. The van der Waals surface area contributed by atoms with Gasteiger partial charge in [0, 0.05) is 22.5 Å². The van der Waals surface area contributed by atoms with Crippen molar-refractivity contribution in [2.75, 3.05) is 24.9 Å². The summed E-state index contributed by atoms with van der Waals surface area (Å²) in [5, 5.41) is 11.8. The van der Waals surface area contributed by atoms with E-state index in [1.54, 1.807) is 43.2 Å². The fraction of sp³-hybridized carbons (Fsp3) is 0.148. The first-order valence-electron chi connectivity index (χ1n) is 11.4. The Morgan fingerprint density at radius 1 is 1.00 bits per heavy atom. The van der Waals surface area contributed by atoms with Gasteiger partial charge in [0.2, 0.25) is 5.95 Å². The first-order valence-corrected chi connectivity index (χ1v) is 12.1. The van der Waals surface area contributed by atoms with Gasteiger partial charge in [-0.1, -0.05) is 53.5 Å². The van der Waals surface area contributed by atoms with Gasteiger partial charge in [0.1, 0.15) is 6.04 Å². The highest BCUT2D eigenvalue weighted by Gasteiger charge is 2.37. The van der Waals surface area contributed by atoms with E-state index >= 15 is 0 Å². The number of carbonyl (C=O) groups is 1. The zero-order valence-electron chi connectivity index (χ0n) is 20.3. The molecule has 2 N–H and O–H groups in total. The highest BCUT2D eigenvalue weighted by Crippen LogP contribution is 2.43. The summed E-state index contributed by atoms with van der Waals surface area (Å²) in [5.41, 5.74) is 3.12. The number of hydrogen-bond donors (Lipinski definition) is 2. The number of nitrogens with one attached hydrogen (secondary N) is 2. The number of aromatic nitrogens is 3. The molecule has 2 heterocycles. The van der Waals surface area contributed by atoms with Gasteiger partial charge in [-0.3, -0.25) is 4.79 Å². The summed E-state index contributed by atoms with van der Waals surface area (Å²) in [6.45, 7) is 1.83. The SMILES string of the molecule is COc1cccc(C2C(C(=O)Nc3ccccc3)=C(C)Nc3nc(-c4ccc(Cl)c(Cl)c4)nn32)c1OC. The summed E-state index contributed by atoms with van der Waals surface area (Å²) in [7, 11) is 3.13. The number of para-hydroxylation sites is 2. The molecule has 1 aromatic heterocycles. The molecule has 188 valence electrons. The fourth-order valence-electron chi connectivity index (χ4n) is 4.34. The number of ether oxygens (including phenoxy) is 2. The van der Waals surface area contributed by atoms with Crippen LogP contribution in [-0.4, -0.2) is 34.9 Å². The molecule has 1 atom stereocenters. The maximum Gasteiger partial charge on any atom is 0.255 e. The van der Waals surface area contributed by atoms with Gasteiger partial charge in [0.25, 0.3) is 5.91 Å². The van der Waals surface area contributed by atoms with Crippen LogP contribution in [0.15, 0.2) is 78.0 Å². The molecule has 1 aliphatic rings. The van der Waals surface area contributed by atoms with Gasteiger partial charge >= 0.3 is 0 Å². The summed E-state index contributed by atoms with van der Waals surface area (Å²) >= 11 is 12.4. The third-order valence-electron chi connectivity index (χ3n) is 6.03. The number of rotatable bonds is 6. The van der Waals surface area contributed by atoms with Crippen LogP contribution < -0.4 is 20.1 Å². The molecule has 10 heteroatoms. The molecule has 0 bridgehead atoms. The average Bonchev–Trinajstić information content (AvgIpc) is 3.33. The van der Waals surface area contributed by atoms with E-state index in [9.17, 15) is 4.79 Å².